The molecule has 0 atom stereocenters. The highest BCUT2D eigenvalue weighted by Gasteiger charge is 2.20. The summed E-state index contributed by atoms with van der Waals surface area (Å²) in [5.74, 6) is -1.20. The third-order valence-electron chi connectivity index (χ3n) is 3.10. The van der Waals surface area contributed by atoms with Crippen molar-refractivity contribution in [1.82, 2.24) is 4.98 Å². The Balaban J connectivity index is 2.62. The van der Waals surface area contributed by atoms with Crippen molar-refractivity contribution in [1.29, 1.82) is 0 Å². The molecule has 1 N–H and O–H groups in total. The normalized spacial score (nSPS) is 11.4. The van der Waals surface area contributed by atoms with Crippen LogP contribution in [0.3, 0.4) is 0 Å². The highest BCUT2D eigenvalue weighted by atomic mass is 16.5. The van der Waals surface area contributed by atoms with Gasteiger partial charge in [0.2, 0.25) is 0 Å². The number of hydrogen-bond donors (Lipinski definition) is 1. The van der Waals surface area contributed by atoms with Crippen molar-refractivity contribution in [3.05, 3.63) is 41.6 Å². The molecular weight excluding hydrogens is 258 g/mol. The minimum atomic E-state index is -0.608. The van der Waals surface area contributed by atoms with E-state index in [4.69, 9.17) is 4.74 Å². The number of aryl methyl sites for hydroxylation is 1. The number of ether oxygens (including phenoxy) is 2. The Bertz CT molecular complexity index is 697. The third kappa shape index (κ3) is 2.42. The Labute approximate surface area is 116 Å². The maximum absolute atomic E-state index is 11.9. The third-order valence-corrected chi connectivity index (χ3v) is 3.10. The topological polar surface area (TPSA) is 68.4 Å². The van der Waals surface area contributed by atoms with Crippen LogP contribution >= 0.6 is 0 Å². The van der Waals surface area contributed by atoms with Gasteiger partial charge in [0.05, 0.1) is 25.5 Å². The lowest BCUT2D eigenvalue weighted by Crippen LogP contribution is -2.08. The summed E-state index contributed by atoms with van der Waals surface area (Å²) in [5, 5.41) is 0.988. The van der Waals surface area contributed by atoms with E-state index in [1.807, 2.05) is 31.2 Å². The molecule has 0 saturated heterocycles. The summed E-state index contributed by atoms with van der Waals surface area (Å²) in [7, 11) is 2.53. The van der Waals surface area contributed by atoms with E-state index < -0.39 is 11.9 Å². The minimum Gasteiger partial charge on any atom is -0.466 e. The molecule has 1 heterocycles. The van der Waals surface area contributed by atoms with E-state index in [2.05, 4.69) is 9.72 Å². The second-order valence-electron chi connectivity index (χ2n) is 4.24. The number of fused-ring (bicyclic) bond motifs is 1. The number of aromatic nitrogens is 1. The quantitative estimate of drug-likeness (QED) is 0.687. The molecule has 0 aliphatic heterocycles. The van der Waals surface area contributed by atoms with Crippen LogP contribution in [-0.2, 0) is 19.1 Å². The first-order valence-corrected chi connectivity index (χ1v) is 6.04. The zero-order valence-electron chi connectivity index (χ0n) is 11.5. The predicted molar refractivity (Wildman–Crippen MR) is 75.0 cm³/mol. The Morgan fingerprint density at radius 3 is 2.45 bits per heavy atom. The van der Waals surface area contributed by atoms with Gasteiger partial charge in [0.15, 0.2) is 0 Å². The summed E-state index contributed by atoms with van der Waals surface area (Å²) in [6.07, 6.45) is 1.13. The Kier molecular flexibility index (Phi) is 3.89. The summed E-state index contributed by atoms with van der Waals surface area (Å²) < 4.78 is 9.30. The highest BCUT2D eigenvalue weighted by Crippen LogP contribution is 2.27. The number of aromatic amines is 1. The number of rotatable bonds is 3. The molecule has 5 heteroatoms. The van der Waals surface area contributed by atoms with Gasteiger partial charge in [-0.25, -0.2) is 9.59 Å². The van der Waals surface area contributed by atoms with Crippen molar-refractivity contribution in [3.63, 3.8) is 0 Å². The van der Waals surface area contributed by atoms with Crippen LogP contribution < -0.4 is 0 Å². The van der Waals surface area contributed by atoms with Gasteiger partial charge in [0.1, 0.15) is 0 Å². The van der Waals surface area contributed by atoms with E-state index in [0.717, 1.165) is 22.5 Å². The van der Waals surface area contributed by atoms with E-state index in [-0.39, 0.29) is 5.57 Å². The smallest absolute Gasteiger partial charge is 0.340 e. The summed E-state index contributed by atoms with van der Waals surface area (Å²) in [4.78, 5) is 26.4. The monoisotopic (exact) mass is 273 g/mol. The van der Waals surface area contributed by atoms with Crippen LogP contribution in [0, 0.1) is 6.92 Å². The Morgan fingerprint density at radius 1 is 1.15 bits per heavy atom. The van der Waals surface area contributed by atoms with Gasteiger partial charge in [-0.2, -0.15) is 0 Å². The molecule has 2 rings (SSSR count). The molecule has 0 radical (unpaired) electrons. The van der Waals surface area contributed by atoms with Crippen molar-refractivity contribution < 1.29 is 19.1 Å². The standard InChI is InChI=1S/C15H15NO4/c1-9-10-6-4-5-7-12(10)16-14(9)11(15(18)20-3)8-13(17)19-2/h4-8,16H,1-3H3/b11-8-. The second kappa shape index (κ2) is 5.61. The number of benzene rings is 1. The fraction of sp³-hybridized carbons (Fsp3) is 0.200. The van der Waals surface area contributed by atoms with Crippen LogP contribution in [0.1, 0.15) is 11.3 Å². The average molecular weight is 273 g/mol. The number of carbonyl (C=O) groups excluding carboxylic acids is 2. The van der Waals surface area contributed by atoms with E-state index in [1.165, 1.54) is 14.2 Å². The van der Waals surface area contributed by atoms with Crippen LogP contribution in [-0.4, -0.2) is 31.1 Å². The lowest BCUT2D eigenvalue weighted by Gasteiger charge is -2.04. The molecule has 0 unspecified atom stereocenters. The molecule has 0 aliphatic carbocycles. The van der Waals surface area contributed by atoms with Crippen LogP contribution in [0.25, 0.3) is 16.5 Å². The molecule has 0 aliphatic rings. The molecule has 0 amide bonds. The largest absolute Gasteiger partial charge is 0.466 e. The zero-order chi connectivity index (χ0) is 14.7. The van der Waals surface area contributed by atoms with E-state index >= 15 is 0 Å². The van der Waals surface area contributed by atoms with Crippen molar-refractivity contribution >= 4 is 28.4 Å². The van der Waals surface area contributed by atoms with Gasteiger partial charge in [0, 0.05) is 17.0 Å². The highest BCUT2D eigenvalue weighted by molar-refractivity contribution is 6.21. The van der Waals surface area contributed by atoms with Crippen molar-refractivity contribution in [3.8, 4) is 0 Å². The van der Waals surface area contributed by atoms with Crippen LogP contribution in [0.15, 0.2) is 30.3 Å². The number of methoxy groups -OCH3 is 2. The predicted octanol–water partition coefficient (Wildman–Crippen LogP) is 2.21. The maximum Gasteiger partial charge on any atom is 0.340 e. The van der Waals surface area contributed by atoms with E-state index in [9.17, 15) is 9.59 Å². The summed E-state index contributed by atoms with van der Waals surface area (Å²) in [5.41, 5.74) is 2.47. The number of hydrogen-bond acceptors (Lipinski definition) is 4. The number of H-pyrrole nitrogens is 1. The molecule has 104 valence electrons. The molecular formula is C15H15NO4. The average Bonchev–Trinajstić information content (AvgIpc) is 2.81. The molecule has 0 spiro atoms. The first-order valence-electron chi connectivity index (χ1n) is 6.04. The van der Waals surface area contributed by atoms with Gasteiger partial charge in [-0.1, -0.05) is 18.2 Å². The molecule has 5 nitrogen and oxygen atoms in total. The first-order chi connectivity index (χ1) is 9.58. The van der Waals surface area contributed by atoms with Crippen LogP contribution in [0.2, 0.25) is 0 Å². The van der Waals surface area contributed by atoms with Gasteiger partial charge >= 0.3 is 11.9 Å². The van der Waals surface area contributed by atoms with Crippen molar-refractivity contribution in [2.45, 2.75) is 6.92 Å². The molecule has 0 saturated carbocycles. The fourth-order valence-corrected chi connectivity index (χ4v) is 2.07. The molecule has 2 aromatic rings. The summed E-state index contributed by atoms with van der Waals surface area (Å²) >= 11 is 0. The Hall–Kier alpha value is -2.56. The zero-order valence-corrected chi connectivity index (χ0v) is 11.5. The van der Waals surface area contributed by atoms with Gasteiger partial charge < -0.3 is 14.5 Å². The number of esters is 2. The first kappa shape index (κ1) is 13.9. The second-order valence-corrected chi connectivity index (χ2v) is 4.24. The van der Waals surface area contributed by atoms with Crippen molar-refractivity contribution in [2.24, 2.45) is 0 Å². The molecule has 1 aromatic carbocycles. The lowest BCUT2D eigenvalue weighted by atomic mass is 10.1. The van der Waals surface area contributed by atoms with Gasteiger partial charge in [-0.05, 0) is 18.6 Å². The van der Waals surface area contributed by atoms with E-state index in [0.29, 0.717) is 5.69 Å². The van der Waals surface area contributed by atoms with Crippen LogP contribution in [0.4, 0.5) is 0 Å². The number of nitrogens with one attached hydrogen (secondary N) is 1. The van der Waals surface area contributed by atoms with Gasteiger partial charge in [-0.15, -0.1) is 0 Å². The Morgan fingerprint density at radius 2 is 1.85 bits per heavy atom. The fourth-order valence-electron chi connectivity index (χ4n) is 2.07. The number of para-hydroxylation sites is 1. The van der Waals surface area contributed by atoms with Crippen LogP contribution in [0.5, 0.6) is 0 Å². The molecule has 0 fully saturated rings. The summed E-state index contributed by atoms with van der Waals surface area (Å²) in [6.45, 7) is 1.88. The van der Waals surface area contributed by atoms with Crippen molar-refractivity contribution in [2.75, 3.05) is 14.2 Å². The van der Waals surface area contributed by atoms with Gasteiger partial charge in [-0.3, -0.25) is 0 Å². The molecule has 20 heavy (non-hydrogen) atoms. The summed E-state index contributed by atoms with van der Waals surface area (Å²) in [6, 6.07) is 7.65. The SMILES string of the molecule is COC(=O)/C=C(\C(=O)OC)c1[nH]c2ccccc2c1C. The number of carbonyl (C=O) groups is 2. The minimum absolute atomic E-state index is 0.146. The maximum atomic E-state index is 11.9. The van der Waals surface area contributed by atoms with Gasteiger partial charge in [0.25, 0.3) is 0 Å². The lowest BCUT2D eigenvalue weighted by molar-refractivity contribution is -0.136. The van der Waals surface area contributed by atoms with E-state index in [1.54, 1.807) is 0 Å². The molecule has 1 aromatic heterocycles. The molecule has 0 bridgehead atoms.